The molecule has 0 N–H and O–H groups in total. The average molecular weight is 95.1 g/mol. The zero-order valence-corrected chi connectivity index (χ0v) is 4.68. The predicted octanol–water partition coefficient (Wildman–Crippen LogP) is 1.61. The molecule has 0 aromatic heterocycles. The van der Waals surface area contributed by atoms with Crippen LogP contribution in [0.25, 0.3) is 0 Å². The van der Waals surface area contributed by atoms with Gasteiger partial charge in [-0.2, -0.15) is 0 Å². The Morgan fingerprint density at radius 3 is 2.29 bits per heavy atom. The van der Waals surface area contributed by atoms with Gasteiger partial charge in [0, 0.05) is 17.8 Å². The van der Waals surface area contributed by atoms with Crippen LogP contribution < -0.4 is 0 Å². The molecule has 1 heteroatoms. The summed E-state index contributed by atoms with van der Waals surface area (Å²) in [5, 5.41) is 0. The molecule has 0 atom stereocenters. The van der Waals surface area contributed by atoms with Crippen molar-refractivity contribution in [3.8, 4) is 0 Å². The zero-order valence-electron chi connectivity index (χ0n) is 4.68. The van der Waals surface area contributed by atoms with Crippen molar-refractivity contribution in [3.05, 3.63) is 12.3 Å². The van der Waals surface area contributed by atoms with Gasteiger partial charge in [-0.1, -0.05) is 19.9 Å². The SMILES string of the molecule is CC1(C)C=CN=C1. The maximum atomic E-state index is 3.93. The Kier molecular flexibility index (Phi) is 0.775. The Balaban J connectivity index is 2.77. The molecular formula is C6H9N. The number of hydrogen-bond acceptors (Lipinski definition) is 1. The van der Waals surface area contributed by atoms with Crippen molar-refractivity contribution in [1.29, 1.82) is 0 Å². The lowest BCUT2D eigenvalue weighted by molar-refractivity contribution is 0.706. The number of rotatable bonds is 0. The van der Waals surface area contributed by atoms with Crippen LogP contribution in [0, 0.1) is 5.41 Å². The molecule has 0 saturated carbocycles. The highest BCUT2D eigenvalue weighted by atomic mass is 14.7. The van der Waals surface area contributed by atoms with Gasteiger partial charge in [-0.3, -0.25) is 4.99 Å². The lowest BCUT2D eigenvalue weighted by atomic mass is 9.97. The third-order valence-corrected chi connectivity index (χ3v) is 0.997. The van der Waals surface area contributed by atoms with Crippen molar-refractivity contribution in [2.45, 2.75) is 13.8 Å². The monoisotopic (exact) mass is 95.1 g/mol. The van der Waals surface area contributed by atoms with Gasteiger partial charge in [0.2, 0.25) is 0 Å². The molecule has 7 heavy (non-hydrogen) atoms. The van der Waals surface area contributed by atoms with Crippen LogP contribution in [-0.4, -0.2) is 6.21 Å². The molecular weight excluding hydrogens is 86.1 g/mol. The fourth-order valence-electron chi connectivity index (χ4n) is 0.513. The van der Waals surface area contributed by atoms with Crippen LogP contribution in [0.3, 0.4) is 0 Å². The van der Waals surface area contributed by atoms with E-state index >= 15 is 0 Å². The normalized spacial score (nSPS) is 23.7. The van der Waals surface area contributed by atoms with Crippen LogP contribution in [0.15, 0.2) is 17.3 Å². The second-order valence-electron chi connectivity index (χ2n) is 2.42. The van der Waals surface area contributed by atoms with E-state index in [2.05, 4.69) is 24.9 Å². The molecule has 0 unspecified atom stereocenters. The van der Waals surface area contributed by atoms with Crippen molar-refractivity contribution in [2.75, 3.05) is 0 Å². The Morgan fingerprint density at radius 1 is 1.43 bits per heavy atom. The lowest BCUT2D eigenvalue weighted by Gasteiger charge is -2.05. The fraction of sp³-hybridized carbons (Fsp3) is 0.500. The van der Waals surface area contributed by atoms with E-state index in [1.807, 2.05) is 12.4 Å². The third-order valence-electron chi connectivity index (χ3n) is 0.997. The second kappa shape index (κ2) is 1.19. The van der Waals surface area contributed by atoms with Crippen molar-refractivity contribution >= 4 is 6.21 Å². The summed E-state index contributed by atoms with van der Waals surface area (Å²) in [6.45, 7) is 4.25. The summed E-state index contributed by atoms with van der Waals surface area (Å²) in [5.74, 6) is 0. The molecule has 38 valence electrons. The zero-order chi connectivity index (χ0) is 5.33. The number of allylic oxidation sites excluding steroid dienone is 1. The molecule has 0 fully saturated rings. The topological polar surface area (TPSA) is 12.4 Å². The molecule has 0 bridgehead atoms. The first-order chi connectivity index (χ1) is 3.21. The maximum Gasteiger partial charge on any atom is 0.0233 e. The van der Waals surface area contributed by atoms with Gasteiger partial charge >= 0.3 is 0 Å². The van der Waals surface area contributed by atoms with E-state index < -0.39 is 0 Å². The van der Waals surface area contributed by atoms with Crippen molar-refractivity contribution in [2.24, 2.45) is 10.4 Å². The highest BCUT2D eigenvalue weighted by Gasteiger charge is 2.11. The van der Waals surface area contributed by atoms with Gasteiger partial charge in [0.05, 0.1) is 0 Å². The van der Waals surface area contributed by atoms with Gasteiger partial charge in [0.25, 0.3) is 0 Å². The first kappa shape index (κ1) is 4.57. The Bertz CT molecular complexity index is 106. The van der Waals surface area contributed by atoms with Crippen molar-refractivity contribution < 1.29 is 0 Å². The summed E-state index contributed by atoms with van der Waals surface area (Å²) in [5.41, 5.74) is 0.222. The number of aliphatic imine (C=N–C) groups is 1. The molecule has 0 aliphatic carbocycles. The number of hydrogen-bond donors (Lipinski definition) is 0. The predicted molar refractivity (Wildman–Crippen MR) is 31.4 cm³/mol. The molecule has 0 spiro atoms. The molecule has 1 nitrogen and oxygen atoms in total. The largest absolute Gasteiger partial charge is 0.268 e. The van der Waals surface area contributed by atoms with Gasteiger partial charge in [0.1, 0.15) is 0 Å². The smallest absolute Gasteiger partial charge is 0.0233 e. The van der Waals surface area contributed by atoms with E-state index in [1.165, 1.54) is 0 Å². The van der Waals surface area contributed by atoms with Crippen LogP contribution in [-0.2, 0) is 0 Å². The van der Waals surface area contributed by atoms with Gasteiger partial charge < -0.3 is 0 Å². The molecule has 0 radical (unpaired) electrons. The van der Waals surface area contributed by atoms with E-state index in [4.69, 9.17) is 0 Å². The molecule has 1 heterocycles. The summed E-state index contributed by atoms with van der Waals surface area (Å²) in [7, 11) is 0. The number of nitrogens with zero attached hydrogens (tertiary/aromatic N) is 1. The summed E-state index contributed by atoms with van der Waals surface area (Å²) in [6, 6.07) is 0. The van der Waals surface area contributed by atoms with Crippen LogP contribution in [0.1, 0.15) is 13.8 Å². The summed E-state index contributed by atoms with van der Waals surface area (Å²) in [6.07, 6.45) is 5.85. The molecule has 0 amide bonds. The lowest BCUT2D eigenvalue weighted by Crippen LogP contribution is -2.03. The van der Waals surface area contributed by atoms with E-state index in [9.17, 15) is 0 Å². The third kappa shape index (κ3) is 0.889. The van der Waals surface area contributed by atoms with Crippen LogP contribution in [0.4, 0.5) is 0 Å². The highest BCUT2D eigenvalue weighted by Crippen LogP contribution is 2.17. The maximum absolute atomic E-state index is 3.93. The van der Waals surface area contributed by atoms with Crippen LogP contribution in [0.2, 0.25) is 0 Å². The van der Waals surface area contributed by atoms with E-state index in [0.29, 0.717) is 0 Å². The van der Waals surface area contributed by atoms with Gasteiger partial charge in [-0.05, 0) is 0 Å². The van der Waals surface area contributed by atoms with Crippen molar-refractivity contribution in [1.82, 2.24) is 0 Å². The average Bonchev–Trinajstić information content (AvgIpc) is 1.84. The second-order valence-corrected chi connectivity index (χ2v) is 2.42. The Labute approximate surface area is 43.8 Å². The quantitative estimate of drug-likeness (QED) is 0.433. The Morgan fingerprint density at radius 2 is 2.14 bits per heavy atom. The molecule has 0 saturated heterocycles. The fourth-order valence-corrected chi connectivity index (χ4v) is 0.513. The van der Waals surface area contributed by atoms with Gasteiger partial charge in [-0.25, -0.2) is 0 Å². The molecule has 1 rings (SSSR count). The van der Waals surface area contributed by atoms with Crippen LogP contribution in [0.5, 0.6) is 0 Å². The molecule has 0 aromatic rings. The van der Waals surface area contributed by atoms with Gasteiger partial charge in [-0.15, -0.1) is 0 Å². The molecule has 1 aliphatic heterocycles. The summed E-state index contributed by atoms with van der Waals surface area (Å²) < 4.78 is 0. The van der Waals surface area contributed by atoms with E-state index in [0.717, 1.165) is 0 Å². The first-order valence-corrected chi connectivity index (χ1v) is 2.43. The van der Waals surface area contributed by atoms with Crippen LogP contribution >= 0.6 is 0 Å². The minimum Gasteiger partial charge on any atom is -0.268 e. The standard InChI is InChI=1S/C6H9N/c1-6(2)3-4-7-5-6/h3-5H,1-2H3. The minimum atomic E-state index is 0.222. The Hall–Kier alpha value is -0.590. The molecule has 0 aromatic carbocycles. The van der Waals surface area contributed by atoms with Gasteiger partial charge in [0.15, 0.2) is 0 Å². The highest BCUT2D eigenvalue weighted by molar-refractivity contribution is 5.70. The summed E-state index contributed by atoms with van der Waals surface area (Å²) >= 11 is 0. The summed E-state index contributed by atoms with van der Waals surface area (Å²) in [4.78, 5) is 3.93. The minimum absolute atomic E-state index is 0.222. The van der Waals surface area contributed by atoms with Crippen molar-refractivity contribution in [3.63, 3.8) is 0 Å². The van der Waals surface area contributed by atoms with E-state index in [1.54, 1.807) is 0 Å². The first-order valence-electron chi connectivity index (χ1n) is 2.43. The van der Waals surface area contributed by atoms with E-state index in [-0.39, 0.29) is 5.41 Å². The molecule has 1 aliphatic rings.